The number of nitrogens with one attached hydrogen (secondary N) is 1. The zero-order valence-corrected chi connectivity index (χ0v) is 8.23. The van der Waals surface area contributed by atoms with E-state index in [-0.39, 0.29) is 5.91 Å². The Labute approximate surface area is 86.5 Å². The highest BCUT2D eigenvalue weighted by Crippen LogP contribution is 2.19. The van der Waals surface area contributed by atoms with Gasteiger partial charge in [0.2, 0.25) is 12.3 Å². The fourth-order valence-corrected chi connectivity index (χ4v) is 1.54. The van der Waals surface area contributed by atoms with Crippen LogP contribution in [0.2, 0.25) is 0 Å². The average molecular weight is 202 g/mol. The fraction of sp³-hybridized carbons (Fsp3) is 0.0909. The third-order valence-corrected chi connectivity index (χ3v) is 2.15. The van der Waals surface area contributed by atoms with Crippen molar-refractivity contribution in [3.05, 3.63) is 30.5 Å². The highest BCUT2D eigenvalue weighted by atomic mass is 16.1. The maximum atomic E-state index is 10.8. The molecule has 4 nitrogen and oxygen atoms in total. The van der Waals surface area contributed by atoms with E-state index in [1.54, 1.807) is 18.3 Å². The molecule has 1 aromatic carbocycles. The summed E-state index contributed by atoms with van der Waals surface area (Å²) in [6.07, 6.45) is 2.44. The second-order valence-corrected chi connectivity index (χ2v) is 3.28. The summed E-state index contributed by atoms with van der Waals surface area (Å²) in [7, 11) is 0. The molecule has 76 valence electrons. The SMILES string of the molecule is CC(=O)Nc1ccc2c(ccn2C=O)c1. The molecule has 0 spiro atoms. The van der Waals surface area contributed by atoms with Crippen LogP contribution in [-0.2, 0) is 9.59 Å². The van der Waals surface area contributed by atoms with Crippen molar-refractivity contribution in [2.45, 2.75) is 6.92 Å². The van der Waals surface area contributed by atoms with Crippen molar-refractivity contribution in [2.24, 2.45) is 0 Å². The molecule has 0 radical (unpaired) electrons. The number of hydrogen-bond donors (Lipinski definition) is 1. The smallest absolute Gasteiger partial charge is 0.221 e. The lowest BCUT2D eigenvalue weighted by Gasteiger charge is -2.02. The van der Waals surface area contributed by atoms with E-state index < -0.39 is 0 Å². The minimum absolute atomic E-state index is 0.107. The lowest BCUT2D eigenvalue weighted by molar-refractivity contribution is -0.114. The Balaban J connectivity index is 2.48. The molecule has 4 heteroatoms. The Bertz CT molecular complexity index is 528. The lowest BCUT2D eigenvalue weighted by Crippen LogP contribution is -2.05. The fourth-order valence-electron chi connectivity index (χ4n) is 1.54. The van der Waals surface area contributed by atoms with Gasteiger partial charge in [0, 0.05) is 24.2 Å². The number of aromatic nitrogens is 1. The van der Waals surface area contributed by atoms with Gasteiger partial charge in [0.1, 0.15) is 0 Å². The van der Waals surface area contributed by atoms with Gasteiger partial charge in [-0.25, -0.2) is 0 Å². The van der Waals surface area contributed by atoms with Crippen molar-refractivity contribution in [3.63, 3.8) is 0 Å². The molecule has 0 bridgehead atoms. The zero-order valence-electron chi connectivity index (χ0n) is 8.23. The largest absolute Gasteiger partial charge is 0.326 e. The monoisotopic (exact) mass is 202 g/mol. The van der Waals surface area contributed by atoms with Crippen LogP contribution in [0.1, 0.15) is 6.92 Å². The van der Waals surface area contributed by atoms with Crippen LogP contribution in [0, 0.1) is 0 Å². The molecule has 1 amide bonds. The number of carbonyl (C=O) groups is 2. The molecular weight excluding hydrogens is 192 g/mol. The molecule has 0 atom stereocenters. The third-order valence-electron chi connectivity index (χ3n) is 2.15. The van der Waals surface area contributed by atoms with Crippen LogP contribution in [-0.4, -0.2) is 16.9 Å². The number of hydrogen-bond acceptors (Lipinski definition) is 2. The zero-order chi connectivity index (χ0) is 10.8. The van der Waals surface area contributed by atoms with Gasteiger partial charge >= 0.3 is 0 Å². The van der Waals surface area contributed by atoms with Crippen LogP contribution >= 0.6 is 0 Å². The Hall–Kier alpha value is -2.10. The number of nitrogens with zero attached hydrogens (tertiary/aromatic N) is 1. The van der Waals surface area contributed by atoms with Crippen molar-refractivity contribution < 1.29 is 9.59 Å². The van der Waals surface area contributed by atoms with E-state index in [1.165, 1.54) is 11.5 Å². The molecule has 2 aromatic rings. The van der Waals surface area contributed by atoms with Crippen LogP contribution in [0.3, 0.4) is 0 Å². The predicted octanol–water partition coefficient (Wildman–Crippen LogP) is 1.64. The van der Waals surface area contributed by atoms with Crippen LogP contribution < -0.4 is 5.32 Å². The van der Waals surface area contributed by atoms with E-state index in [0.29, 0.717) is 0 Å². The van der Waals surface area contributed by atoms with Crippen LogP contribution in [0.25, 0.3) is 10.9 Å². The molecule has 0 aliphatic carbocycles. The minimum atomic E-state index is -0.107. The topological polar surface area (TPSA) is 51.1 Å². The van der Waals surface area contributed by atoms with Crippen LogP contribution in [0.15, 0.2) is 30.5 Å². The molecule has 0 unspecified atom stereocenters. The van der Waals surface area contributed by atoms with E-state index in [0.717, 1.165) is 23.0 Å². The number of benzene rings is 1. The summed E-state index contributed by atoms with van der Waals surface area (Å²) in [6.45, 7) is 1.46. The van der Waals surface area contributed by atoms with Gasteiger partial charge in [-0.15, -0.1) is 0 Å². The minimum Gasteiger partial charge on any atom is -0.326 e. The number of rotatable bonds is 2. The summed E-state index contributed by atoms with van der Waals surface area (Å²) in [5.41, 5.74) is 1.57. The first-order chi connectivity index (χ1) is 7.20. The van der Waals surface area contributed by atoms with Crippen molar-refractivity contribution in [3.8, 4) is 0 Å². The number of amides is 1. The van der Waals surface area contributed by atoms with Crippen molar-refractivity contribution >= 4 is 28.9 Å². The number of carbonyl (C=O) groups excluding carboxylic acids is 2. The Kier molecular flexibility index (Phi) is 2.25. The maximum absolute atomic E-state index is 10.8. The summed E-state index contributed by atoms with van der Waals surface area (Å²) in [5.74, 6) is -0.107. The van der Waals surface area contributed by atoms with E-state index in [4.69, 9.17) is 0 Å². The third kappa shape index (κ3) is 1.74. The van der Waals surface area contributed by atoms with Crippen LogP contribution in [0.5, 0.6) is 0 Å². The highest BCUT2D eigenvalue weighted by molar-refractivity contribution is 5.93. The Morgan fingerprint density at radius 1 is 1.40 bits per heavy atom. The van der Waals surface area contributed by atoms with Gasteiger partial charge < -0.3 is 5.32 Å². The van der Waals surface area contributed by atoms with Gasteiger partial charge in [0.15, 0.2) is 0 Å². The molecule has 1 N–H and O–H groups in total. The molecule has 0 saturated carbocycles. The lowest BCUT2D eigenvalue weighted by atomic mass is 10.2. The summed E-state index contributed by atoms with van der Waals surface area (Å²) >= 11 is 0. The molecule has 1 aromatic heterocycles. The summed E-state index contributed by atoms with van der Waals surface area (Å²) in [6, 6.07) is 7.23. The van der Waals surface area contributed by atoms with E-state index in [9.17, 15) is 9.59 Å². The molecule has 0 saturated heterocycles. The van der Waals surface area contributed by atoms with Gasteiger partial charge in [0.25, 0.3) is 0 Å². The van der Waals surface area contributed by atoms with Crippen molar-refractivity contribution in [1.82, 2.24) is 4.57 Å². The van der Waals surface area contributed by atoms with Gasteiger partial charge in [-0.1, -0.05) is 0 Å². The predicted molar refractivity (Wildman–Crippen MR) is 58.4 cm³/mol. The molecule has 2 rings (SSSR count). The Morgan fingerprint density at radius 2 is 2.20 bits per heavy atom. The standard InChI is InChI=1S/C11H10N2O2/c1-8(15)12-10-2-3-11-9(6-10)4-5-13(11)7-14/h2-7H,1H3,(H,12,15). The van der Waals surface area contributed by atoms with Crippen molar-refractivity contribution in [2.75, 3.05) is 5.32 Å². The van der Waals surface area contributed by atoms with E-state index in [2.05, 4.69) is 5.32 Å². The maximum Gasteiger partial charge on any atom is 0.221 e. The highest BCUT2D eigenvalue weighted by Gasteiger charge is 2.01. The molecule has 1 heterocycles. The second-order valence-electron chi connectivity index (χ2n) is 3.28. The van der Waals surface area contributed by atoms with E-state index >= 15 is 0 Å². The number of anilines is 1. The van der Waals surface area contributed by atoms with Gasteiger partial charge in [-0.05, 0) is 24.3 Å². The first kappa shape index (κ1) is 9.45. The quantitative estimate of drug-likeness (QED) is 0.752. The molecule has 0 aliphatic heterocycles. The van der Waals surface area contributed by atoms with E-state index in [1.807, 2.05) is 12.1 Å². The molecular formula is C11H10N2O2. The number of fused-ring (bicyclic) bond motifs is 1. The van der Waals surface area contributed by atoms with Crippen LogP contribution in [0.4, 0.5) is 5.69 Å². The van der Waals surface area contributed by atoms with Gasteiger partial charge in [0.05, 0.1) is 5.52 Å². The summed E-state index contributed by atoms with van der Waals surface area (Å²) in [5, 5.41) is 3.61. The second kappa shape index (κ2) is 3.57. The van der Waals surface area contributed by atoms with Gasteiger partial charge in [-0.3, -0.25) is 14.2 Å². The molecule has 0 fully saturated rings. The van der Waals surface area contributed by atoms with Crippen molar-refractivity contribution in [1.29, 1.82) is 0 Å². The molecule has 15 heavy (non-hydrogen) atoms. The summed E-state index contributed by atoms with van der Waals surface area (Å²) < 4.78 is 1.49. The normalized spacial score (nSPS) is 10.2. The van der Waals surface area contributed by atoms with Gasteiger partial charge in [-0.2, -0.15) is 0 Å². The average Bonchev–Trinajstić information content (AvgIpc) is 2.58. The molecule has 0 aliphatic rings. The summed E-state index contributed by atoms with van der Waals surface area (Å²) in [4.78, 5) is 21.5. The first-order valence-electron chi connectivity index (χ1n) is 4.54. The Morgan fingerprint density at radius 3 is 2.87 bits per heavy atom. The first-order valence-corrected chi connectivity index (χ1v) is 4.54.